The Morgan fingerprint density at radius 2 is 1.19 bits per heavy atom. The largest absolute Gasteiger partial charge is 0.457 e. The van der Waals surface area contributed by atoms with Crippen molar-refractivity contribution < 1.29 is 56.2 Å². The molecule has 314 valence electrons. The van der Waals surface area contributed by atoms with Gasteiger partial charge < -0.3 is 34.3 Å². The number of hydrogen-bond acceptors (Lipinski definition) is 11. The lowest BCUT2D eigenvalue weighted by molar-refractivity contribution is -0.301. The zero-order valence-electron chi connectivity index (χ0n) is 33.1. The second-order valence-corrected chi connectivity index (χ2v) is 15.6. The zero-order valence-corrected chi connectivity index (χ0v) is 33.9. The van der Waals surface area contributed by atoms with E-state index in [1.54, 1.807) is 0 Å². The van der Waals surface area contributed by atoms with Crippen LogP contribution in [-0.2, 0) is 38.3 Å². The van der Waals surface area contributed by atoms with E-state index in [0.717, 1.165) is 44.9 Å². The molecule has 0 bridgehead atoms. The average Bonchev–Trinajstić information content (AvgIpc) is 3.12. The van der Waals surface area contributed by atoms with E-state index in [2.05, 4.69) is 30.2 Å². The summed E-state index contributed by atoms with van der Waals surface area (Å²) in [6, 6.07) is 0. The van der Waals surface area contributed by atoms with E-state index >= 15 is 0 Å². The molecular weight excluding hydrogens is 704 g/mol. The minimum atomic E-state index is -5.05. The lowest BCUT2D eigenvalue weighted by Crippen LogP contribution is -2.60. The normalized spacial score (nSPS) is 21.4. The molecule has 13 heteroatoms. The SMILES string of the molecule is CCCCC/C=C\CCCCCCCCOCC(COC1OC(CO)C(O)C(OS(=O)(=O)O)C1O)OC(=O)CCCCCCCCCCCCCCC. The van der Waals surface area contributed by atoms with E-state index in [1.165, 1.54) is 103 Å². The molecule has 0 aromatic carbocycles. The molecule has 0 spiro atoms. The van der Waals surface area contributed by atoms with Crippen LogP contribution in [0.25, 0.3) is 0 Å². The number of unbranched alkanes of at least 4 members (excludes halogenated alkanes) is 21. The molecule has 1 heterocycles. The van der Waals surface area contributed by atoms with Gasteiger partial charge in [-0.3, -0.25) is 9.35 Å². The third kappa shape index (κ3) is 27.1. The van der Waals surface area contributed by atoms with Crippen molar-refractivity contribution in [2.45, 2.75) is 211 Å². The van der Waals surface area contributed by atoms with Crippen LogP contribution >= 0.6 is 0 Å². The Balaban J connectivity index is 2.47. The molecule has 1 aliphatic heterocycles. The molecule has 1 fully saturated rings. The summed E-state index contributed by atoms with van der Waals surface area (Å²) in [5.74, 6) is -0.401. The molecule has 4 N–H and O–H groups in total. The number of ether oxygens (including phenoxy) is 4. The highest BCUT2D eigenvalue weighted by Crippen LogP contribution is 2.26. The van der Waals surface area contributed by atoms with Crippen molar-refractivity contribution >= 4 is 16.4 Å². The minimum absolute atomic E-state index is 0.0365. The molecule has 53 heavy (non-hydrogen) atoms. The number of esters is 1. The van der Waals surface area contributed by atoms with E-state index in [1.807, 2.05) is 0 Å². The van der Waals surface area contributed by atoms with Crippen molar-refractivity contribution in [3.63, 3.8) is 0 Å². The fraction of sp³-hybridized carbons (Fsp3) is 0.925. The van der Waals surface area contributed by atoms with Gasteiger partial charge >= 0.3 is 16.4 Å². The number of carbonyl (C=O) groups is 1. The van der Waals surface area contributed by atoms with E-state index in [-0.39, 0.29) is 19.6 Å². The summed E-state index contributed by atoms with van der Waals surface area (Å²) in [5, 5.41) is 30.6. The van der Waals surface area contributed by atoms with Gasteiger partial charge in [0, 0.05) is 13.0 Å². The van der Waals surface area contributed by atoms with Gasteiger partial charge in [-0.25, -0.2) is 4.18 Å². The molecule has 0 aromatic heterocycles. The summed E-state index contributed by atoms with van der Waals surface area (Å²) in [5.41, 5.74) is 0. The molecule has 6 unspecified atom stereocenters. The molecule has 12 nitrogen and oxygen atoms in total. The van der Waals surface area contributed by atoms with Gasteiger partial charge in [-0.2, -0.15) is 8.42 Å². The quantitative estimate of drug-likeness (QED) is 0.0209. The number of rotatable bonds is 36. The fourth-order valence-corrected chi connectivity index (χ4v) is 6.94. The standard InChI is InChI=1S/C40H76O12S/c1-3-5-7-9-11-13-15-17-19-21-23-25-27-29-36(42)50-34(32-48-30-28-26-24-22-20-18-16-14-12-10-8-6-4-2)33-49-40-38(44)39(52-53(45,46)47)37(43)35(31-41)51-40/h12,14,34-35,37-41,43-44H,3-11,13,15-33H2,1-2H3,(H,45,46,47)/b14-12-. The fourth-order valence-electron chi connectivity index (χ4n) is 6.43. The van der Waals surface area contributed by atoms with Gasteiger partial charge in [0.2, 0.25) is 0 Å². The van der Waals surface area contributed by atoms with Crippen LogP contribution in [0, 0.1) is 0 Å². The number of aliphatic hydroxyl groups excluding tert-OH is 3. The first kappa shape index (κ1) is 49.9. The van der Waals surface area contributed by atoms with Gasteiger partial charge in [-0.15, -0.1) is 0 Å². The smallest absolute Gasteiger partial charge is 0.397 e. The molecule has 0 amide bonds. The Hall–Kier alpha value is -1.16. The Bertz CT molecular complexity index is 994. The van der Waals surface area contributed by atoms with Crippen molar-refractivity contribution in [1.29, 1.82) is 0 Å². The van der Waals surface area contributed by atoms with Crippen molar-refractivity contribution in [3.8, 4) is 0 Å². The first-order valence-corrected chi connectivity index (χ1v) is 22.3. The Morgan fingerprint density at radius 3 is 1.74 bits per heavy atom. The number of aliphatic hydroxyl groups is 3. The maximum atomic E-state index is 12.8. The third-order valence-electron chi connectivity index (χ3n) is 9.64. The number of allylic oxidation sites excluding steroid dienone is 2. The van der Waals surface area contributed by atoms with Crippen LogP contribution < -0.4 is 0 Å². The zero-order chi connectivity index (χ0) is 39.0. The van der Waals surface area contributed by atoms with Crippen LogP contribution in [0.4, 0.5) is 0 Å². The van der Waals surface area contributed by atoms with E-state index in [4.69, 9.17) is 23.5 Å². The average molecular weight is 781 g/mol. The molecule has 1 rings (SSSR count). The van der Waals surface area contributed by atoms with Crippen molar-refractivity contribution in [1.82, 2.24) is 0 Å². The monoisotopic (exact) mass is 781 g/mol. The second kappa shape index (κ2) is 33.0. The number of carbonyl (C=O) groups excluding carboxylic acids is 1. The van der Waals surface area contributed by atoms with E-state index in [0.29, 0.717) is 13.0 Å². The summed E-state index contributed by atoms with van der Waals surface area (Å²) in [4.78, 5) is 12.8. The summed E-state index contributed by atoms with van der Waals surface area (Å²) in [6.07, 6.45) is 23.9. The Kier molecular flexibility index (Phi) is 31.1. The summed E-state index contributed by atoms with van der Waals surface area (Å²) < 4.78 is 58.9. The minimum Gasteiger partial charge on any atom is -0.457 e. The number of hydrogen-bond donors (Lipinski definition) is 4. The predicted octanol–water partition coefficient (Wildman–Crippen LogP) is 7.91. The van der Waals surface area contributed by atoms with Crippen LogP contribution in [0.1, 0.15) is 174 Å². The summed E-state index contributed by atoms with van der Waals surface area (Å²) in [6.45, 7) is 3.95. The van der Waals surface area contributed by atoms with Crippen molar-refractivity contribution in [2.75, 3.05) is 26.4 Å². The molecule has 0 saturated carbocycles. The van der Waals surface area contributed by atoms with Crippen LogP contribution in [0.5, 0.6) is 0 Å². The predicted molar refractivity (Wildman–Crippen MR) is 207 cm³/mol. The first-order valence-electron chi connectivity index (χ1n) is 20.9. The molecule has 0 aliphatic carbocycles. The van der Waals surface area contributed by atoms with Crippen LogP contribution in [0.3, 0.4) is 0 Å². The highest BCUT2D eigenvalue weighted by atomic mass is 32.3. The molecule has 6 atom stereocenters. The third-order valence-corrected chi connectivity index (χ3v) is 10.1. The Labute approximate surface area is 321 Å². The van der Waals surface area contributed by atoms with Crippen LogP contribution in [0.15, 0.2) is 12.2 Å². The first-order chi connectivity index (χ1) is 25.6. The van der Waals surface area contributed by atoms with Gasteiger partial charge in [0.25, 0.3) is 0 Å². The molecule has 0 aromatic rings. The highest BCUT2D eigenvalue weighted by Gasteiger charge is 2.48. The summed E-state index contributed by atoms with van der Waals surface area (Å²) >= 11 is 0. The molecule has 1 saturated heterocycles. The Morgan fingerprint density at radius 1 is 0.698 bits per heavy atom. The van der Waals surface area contributed by atoms with E-state index in [9.17, 15) is 28.5 Å². The molecule has 1 aliphatic rings. The molecular formula is C40H76O12S. The van der Waals surface area contributed by atoms with Gasteiger partial charge in [0.05, 0.1) is 19.8 Å². The van der Waals surface area contributed by atoms with Crippen LogP contribution in [-0.4, -0.2) is 97.5 Å². The molecule has 0 radical (unpaired) electrons. The maximum Gasteiger partial charge on any atom is 0.397 e. The van der Waals surface area contributed by atoms with Crippen molar-refractivity contribution in [3.05, 3.63) is 12.2 Å². The van der Waals surface area contributed by atoms with Gasteiger partial charge in [0.1, 0.15) is 30.5 Å². The lowest BCUT2D eigenvalue weighted by Gasteiger charge is -2.41. The van der Waals surface area contributed by atoms with Crippen molar-refractivity contribution in [2.24, 2.45) is 0 Å². The lowest BCUT2D eigenvalue weighted by atomic mass is 9.99. The maximum absolute atomic E-state index is 12.8. The van der Waals surface area contributed by atoms with Gasteiger partial charge in [-0.05, 0) is 38.5 Å². The summed E-state index contributed by atoms with van der Waals surface area (Å²) in [7, 11) is -5.05. The topological polar surface area (TPSA) is 178 Å². The van der Waals surface area contributed by atoms with Gasteiger partial charge in [-0.1, -0.05) is 142 Å². The van der Waals surface area contributed by atoms with Gasteiger partial charge in [0.15, 0.2) is 6.29 Å². The highest BCUT2D eigenvalue weighted by molar-refractivity contribution is 7.80. The second-order valence-electron chi connectivity index (χ2n) is 14.6. The van der Waals surface area contributed by atoms with E-state index < -0.39 is 59.8 Å². The van der Waals surface area contributed by atoms with Crippen LogP contribution in [0.2, 0.25) is 0 Å².